The maximum Gasteiger partial charge on any atom is 0.321 e. The van der Waals surface area contributed by atoms with Crippen LogP contribution in [0, 0.1) is 17.8 Å². The first kappa shape index (κ1) is 21.0. The lowest BCUT2D eigenvalue weighted by Gasteiger charge is -2.46. The first-order valence-corrected chi connectivity index (χ1v) is 11.7. The molecule has 2 N–H and O–H groups in total. The lowest BCUT2D eigenvalue weighted by Crippen LogP contribution is -2.47. The van der Waals surface area contributed by atoms with Gasteiger partial charge in [0.2, 0.25) is 5.88 Å². The summed E-state index contributed by atoms with van der Waals surface area (Å²) in [6.45, 7) is 8.20. The zero-order valence-electron chi connectivity index (χ0n) is 19.3. The molecule has 1 aromatic carbocycles. The van der Waals surface area contributed by atoms with Crippen molar-refractivity contribution in [3.8, 4) is 0 Å². The SMILES string of the molecule is Cc1ccc2ncn(CC3(C)CCC[C@](C)(CN(C(N)=O)c4cc(C5CC5)no4)C3)c2c1. The molecule has 2 saturated carbocycles. The first-order chi connectivity index (χ1) is 15.2. The number of nitrogens with zero attached hydrogens (tertiary/aromatic N) is 4. The van der Waals surface area contributed by atoms with Crippen LogP contribution in [0.5, 0.6) is 0 Å². The van der Waals surface area contributed by atoms with Crippen molar-refractivity contribution in [1.82, 2.24) is 14.7 Å². The number of aryl methyl sites for hydroxylation is 1. The first-order valence-electron chi connectivity index (χ1n) is 11.7. The number of imidazole rings is 1. The van der Waals surface area contributed by atoms with Crippen LogP contribution in [0.25, 0.3) is 11.0 Å². The second-order valence-electron chi connectivity index (χ2n) is 10.8. The Morgan fingerprint density at radius 3 is 2.78 bits per heavy atom. The van der Waals surface area contributed by atoms with Crippen molar-refractivity contribution in [2.45, 2.75) is 71.8 Å². The van der Waals surface area contributed by atoms with E-state index in [0.29, 0.717) is 18.3 Å². The number of fused-ring (bicyclic) bond motifs is 1. The van der Waals surface area contributed by atoms with Gasteiger partial charge in [0.15, 0.2) is 0 Å². The molecule has 7 heteroatoms. The molecule has 2 heterocycles. The van der Waals surface area contributed by atoms with Crippen molar-refractivity contribution in [3.63, 3.8) is 0 Å². The zero-order valence-corrected chi connectivity index (χ0v) is 19.3. The Morgan fingerprint density at radius 1 is 1.25 bits per heavy atom. The number of urea groups is 1. The van der Waals surface area contributed by atoms with E-state index in [2.05, 4.69) is 53.7 Å². The van der Waals surface area contributed by atoms with Gasteiger partial charge in [0.25, 0.3) is 0 Å². The van der Waals surface area contributed by atoms with E-state index >= 15 is 0 Å². The topological polar surface area (TPSA) is 90.2 Å². The van der Waals surface area contributed by atoms with E-state index in [-0.39, 0.29) is 10.8 Å². The minimum atomic E-state index is -0.479. The summed E-state index contributed by atoms with van der Waals surface area (Å²) < 4.78 is 7.83. The molecule has 0 aliphatic heterocycles. The molecule has 2 aliphatic carbocycles. The van der Waals surface area contributed by atoms with Gasteiger partial charge < -0.3 is 14.8 Å². The van der Waals surface area contributed by atoms with Gasteiger partial charge in [-0.3, -0.25) is 4.90 Å². The fourth-order valence-electron chi connectivity index (χ4n) is 5.75. The highest BCUT2D eigenvalue weighted by atomic mass is 16.5. The van der Waals surface area contributed by atoms with E-state index in [9.17, 15) is 4.79 Å². The molecule has 0 radical (unpaired) electrons. The summed E-state index contributed by atoms with van der Waals surface area (Å²) >= 11 is 0. The van der Waals surface area contributed by atoms with Crippen LogP contribution in [0.4, 0.5) is 10.7 Å². The van der Waals surface area contributed by atoms with Crippen LogP contribution in [0.15, 0.2) is 35.1 Å². The number of nitrogens with two attached hydrogens (primary N) is 1. The number of hydrogen-bond acceptors (Lipinski definition) is 4. The number of carbonyl (C=O) groups excluding carboxylic acids is 1. The largest absolute Gasteiger partial charge is 0.351 e. The summed E-state index contributed by atoms with van der Waals surface area (Å²) in [6, 6.07) is 7.83. The summed E-state index contributed by atoms with van der Waals surface area (Å²) in [5.74, 6) is 0.952. The molecule has 0 saturated heterocycles. The second-order valence-corrected chi connectivity index (χ2v) is 10.8. The fourth-order valence-corrected chi connectivity index (χ4v) is 5.75. The minimum absolute atomic E-state index is 0.0547. The number of primary amides is 1. The molecular weight excluding hydrogens is 402 g/mol. The van der Waals surface area contributed by atoms with Crippen LogP contribution in [0.2, 0.25) is 0 Å². The molecule has 2 amide bonds. The lowest BCUT2D eigenvalue weighted by atomic mass is 9.63. The van der Waals surface area contributed by atoms with Crippen LogP contribution in [-0.4, -0.2) is 27.3 Å². The van der Waals surface area contributed by atoms with Crippen molar-refractivity contribution < 1.29 is 9.32 Å². The van der Waals surface area contributed by atoms with Crippen LogP contribution in [-0.2, 0) is 6.54 Å². The summed E-state index contributed by atoms with van der Waals surface area (Å²) in [5.41, 5.74) is 10.2. The molecule has 3 aromatic rings. The summed E-state index contributed by atoms with van der Waals surface area (Å²) in [5, 5.41) is 4.18. The van der Waals surface area contributed by atoms with E-state index in [4.69, 9.17) is 10.3 Å². The fraction of sp³-hybridized carbons (Fsp3) is 0.560. The van der Waals surface area contributed by atoms with Gasteiger partial charge in [-0.05, 0) is 67.6 Å². The van der Waals surface area contributed by atoms with E-state index in [1.807, 2.05) is 12.4 Å². The molecule has 2 fully saturated rings. The highest BCUT2D eigenvalue weighted by molar-refractivity contribution is 5.89. The van der Waals surface area contributed by atoms with Gasteiger partial charge in [-0.25, -0.2) is 9.78 Å². The Hall–Kier alpha value is -2.83. The maximum atomic E-state index is 12.4. The maximum absolute atomic E-state index is 12.4. The van der Waals surface area contributed by atoms with Crippen molar-refractivity contribution in [2.24, 2.45) is 16.6 Å². The molecular formula is C25H33N5O2. The molecule has 0 spiro atoms. The van der Waals surface area contributed by atoms with E-state index in [0.717, 1.165) is 56.3 Å². The van der Waals surface area contributed by atoms with E-state index < -0.39 is 6.03 Å². The number of amides is 2. The average molecular weight is 436 g/mol. The third-order valence-corrected chi connectivity index (χ3v) is 7.33. The van der Waals surface area contributed by atoms with Gasteiger partial charge in [-0.15, -0.1) is 0 Å². The number of anilines is 1. The van der Waals surface area contributed by atoms with Crippen LogP contribution in [0.1, 0.15) is 69.5 Å². The average Bonchev–Trinajstić information content (AvgIpc) is 3.34. The van der Waals surface area contributed by atoms with Gasteiger partial charge >= 0.3 is 6.03 Å². The Balaban J connectivity index is 1.35. The number of benzene rings is 1. The number of aromatic nitrogens is 3. The molecule has 2 aliphatic rings. The number of hydrogen-bond donors (Lipinski definition) is 1. The molecule has 32 heavy (non-hydrogen) atoms. The Morgan fingerprint density at radius 2 is 2.03 bits per heavy atom. The Labute approximate surface area is 188 Å². The normalized spacial score (nSPS) is 25.8. The minimum Gasteiger partial charge on any atom is -0.351 e. The molecule has 7 nitrogen and oxygen atoms in total. The van der Waals surface area contributed by atoms with Gasteiger partial charge in [0.05, 0.1) is 23.1 Å². The smallest absolute Gasteiger partial charge is 0.321 e. The van der Waals surface area contributed by atoms with Gasteiger partial charge in [0, 0.05) is 25.1 Å². The predicted molar refractivity (Wildman–Crippen MR) is 125 cm³/mol. The zero-order chi connectivity index (χ0) is 22.5. The molecule has 2 atom stereocenters. The van der Waals surface area contributed by atoms with E-state index in [1.54, 1.807) is 4.90 Å². The Bertz CT molecular complexity index is 1150. The van der Waals surface area contributed by atoms with Crippen molar-refractivity contribution in [2.75, 3.05) is 11.4 Å². The lowest BCUT2D eigenvalue weighted by molar-refractivity contribution is 0.0751. The predicted octanol–water partition coefficient (Wildman–Crippen LogP) is 5.38. The Kier molecular flexibility index (Phi) is 5.02. The van der Waals surface area contributed by atoms with Crippen LogP contribution < -0.4 is 10.6 Å². The molecule has 1 unspecified atom stereocenters. The number of carbonyl (C=O) groups is 1. The summed E-state index contributed by atoms with van der Waals surface area (Å²) in [7, 11) is 0. The van der Waals surface area contributed by atoms with Crippen LogP contribution in [0.3, 0.4) is 0 Å². The molecule has 5 rings (SSSR count). The molecule has 170 valence electrons. The second kappa shape index (κ2) is 7.64. The standard InChI is InChI=1S/C25H33N5O2/c1-17-5-8-19-21(11-17)29(16-27-19)14-24(2)9-4-10-25(3,13-24)15-30(23(26)31)22-12-20(28-32-22)18-6-7-18/h5,8,11-12,16,18H,4,6-7,9-10,13-15H2,1-3H3,(H2,26,31)/t24?,25-/m0/s1. The highest BCUT2D eigenvalue weighted by Gasteiger charge is 2.42. The van der Waals surface area contributed by atoms with Gasteiger partial charge in [-0.2, -0.15) is 0 Å². The third kappa shape index (κ3) is 4.12. The number of rotatable bonds is 6. The van der Waals surface area contributed by atoms with Crippen molar-refractivity contribution in [1.29, 1.82) is 0 Å². The van der Waals surface area contributed by atoms with Crippen LogP contribution >= 0.6 is 0 Å². The summed E-state index contributed by atoms with van der Waals surface area (Å²) in [6.07, 6.45) is 8.57. The molecule has 0 bridgehead atoms. The monoisotopic (exact) mass is 435 g/mol. The quantitative estimate of drug-likeness (QED) is 0.563. The van der Waals surface area contributed by atoms with Crippen molar-refractivity contribution >= 4 is 22.9 Å². The van der Waals surface area contributed by atoms with Crippen molar-refractivity contribution in [3.05, 3.63) is 41.9 Å². The summed E-state index contributed by atoms with van der Waals surface area (Å²) in [4.78, 5) is 18.5. The third-order valence-electron chi connectivity index (χ3n) is 7.33. The molecule has 2 aromatic heterocycles. The highest BCUT2D eigenvalue weighted by Crippen LogP contribution is 2.48. The van der Waals surface area contributed by atoms with E-state index in [1.165, 1.54) is 11.1 Å². The van der Waals surface area contributed by atoms with Gasteiger partial charge in [-0.1, -0.05) is 31.5 Å². The van der Waals surface area contributed by atoms with Gasteiger partial charge in [0.1, 0.15) is 0 Å².